The molecule has 0 unspecified atom stereocenters. The van der Waals surface area contributed by atoms with E-state index in [-0.39, 0.29) is 0 Å². The highest BCUT2D eigenvalue weighted by molar-refractivity contribution is 5.87. The lowest BCUT2D eigenvalue weighted by Crippen LogP contribution is -2.11. The number of nitrogens with zero attached hydrogens (tertiary/aromatic N) is 4. The molecule has 3 aromatic rings. The molecule has 0 saturated heterocycles. The van der Waals surface area contributed by atoms with Crippen molar-refractivity contribution in [1.29, 1.82) is 0 Å². The summed E-state index contributed by atoms with van der Waals surface area (Å²) in [4.78, 5) is 9.21. The van der Waals surface area contributed by atoms with Gasteiger partial charge < -0.3 is 15.4 Å². The normalized spacial score (nSPS) is 11.0. The standard InChI is InChI=1S/C19H26N6O/c1-4-26-11-5-10-20-19-23-17(16-13-22-25(3)18(16)24-19)21-12-15-8-6-14(2)7-9-15/h6-9,13H,4-5,10-12H2,1-3H3,(H2,20,21,23,24). The maximum atomic E-state index is 5.36. The van der Waals surface area contributed by atoms with Gasteiger partial charge in [-0.1, -0.05) is 29.8 Å². The van der Waals surface area contributed by atoms with Gasteiger partial charge in [-0.05, 0) is 25.8 Å². The lowest BCUT2D eigenvalue weighted by molar-refractivity contribution is 0.147. The quantitative estimate of drug-likeness (QED) is 0.575. The van der Waals surface area contributed by atoms with Crippen molar-refractivity contribution >= 4 is 22.8 Å². The Kier molecular flexibility index (Phi) is 6.01. The molecule has 0 aliphatic rings. The molecule has 0 spiro atoms. The number of anilines is 2. The highest BCUT2D eigenvalue weighted by Crippen LogP contribution is 2.22. The van der Waals surface area contributed by atoms with E-state index in [0.29, 0.717) is 12.5 Å². The summed E-state index contributed by atoms with van der Waals surface area (Å²) in [5.74, 6) is 1.39. The lowest BCUT2D eigenvalue weighted by atomic mass is 10.1. The second-order valence-electron chi connectivity index (χ2n) is 6.22. The Labute approximate surface area is 153 Å². The number of nitrogens with one attached hydrogen (secondary N) is 2. The third-order valence-electron chi connectivity index (χ3n) is 4.13. The number of rotatable bonds is 9. The Morgan fingerprint density at radius 3 is 2.69 bits per heavy atom. The Bertz CT molecular complexity index is 843. The van der Waals surface area contributed by atoms with Crippen molar-refractivity contribution in [2.45, 2.75) is 26.8 Å². The highest BCUT2D eigenvalue weighted by Gasteiger charge is 2.11. The topological polar surface area (TPSA) is 76.9 Å². The van der Waals surface area contributed by atoms with E-state index in [1.165, 1.54) is 11.1 Å². The van der Waals surface area contributed by atoms with E-state index in [2.05, 4.69) is 56.9 Å². The zero-order chi connectivity index (χ0) is 18.4. The van der Waals surface area contributed by atoms with Gasteiger partial charge in [0, 0.05) is 33.4 Å². The van der Waals surface area contributed by atoms with E-state index >= 15 is 0 Å². The van der Waals surface area contributed by atoms with Gasteiger partial charge in [0.25, 0.3) is 0 Å². The van der Waals surface area contributed by atoms with Crippen molar-refractivity contribution in [1.82, 2.24) is 19.7 Å². The molecule has 0 atom stereocenters. The van der Waals surface area contributed by atoms with Crippen molar-refractivity contribution < 1.29 is 4.74 Å². The van der Waals surface area contributed by atoms with Crippen LogP contribution in [0, 0.1) is 6.92 Å². The molecule has 0 aliphatic heterocycles. The molecule has 26 heavy (non-hydrogen) atoms. The molecule has 7 nitrogen and oxygen atoms in total. The fraction of sp³-hybridized carbons (Fsp3) is 0.421. The maximum absolute atomic E-state index is 5.36. The van der Waals surface area contributed by atoms with Crippen molar-refractivity contribution in [2.24, 2.45) is 7.05 Å². The Morgan fingerprint density at radius 1 is 1.12 bits per heavy atom. The molecule has 1 aromatic carbocycles. The number of benzene rings is 1. The zero-order valence-corrected chi connectivity index (χ0v) is 15.6. The summed E-state index contributed by atoms with van der Waals surface area (Å²) in [5, 5.41) is 11.9. The summed E-state index contributed by atoms with van der Waals surface area (Å²) in [6, 6.07) is 8.47. The van der Waals surface area contributed by atoms with E-state index in [9.17, 15) is 0 Å². The Morgan fingerprint density at radius 2 is 1.92 bits per heavy atom. The maximum Gasteiger partial charge on any atom is 0.226 e. The molecule has 0 bridgehead atoms. The van der Waals surface area contributed by atoms with E-state index < -0.39 is 0 Å². The first-order valence-electron chi connectivity index (χ1n) is 8.98. The summed E-state index contributed by atoms with van der Waals surface area (Å²) in [6.45, 7) is 7.02. The molecule has 3 rings (SSSR count). The highest BCUT2D eigenvalue weighted by atomic mass is 16.5. The summed E-state index contributed by atoms with van der Waals surface area (Å²) in [7, 11) is 1.89. The first kappa shape index (κ1) is 18.1. The summed E-state index contributed by atoms with van der Waals surface area (Å²) < 4.78 is 7.12. The minimum Gasteiger partial charge on any atom is -0.382 e. The molecule has 0 fully saturated rings. The van der Waals surface area contributed by atoms with Gasteiger partial charge in [0.15, 0.2) is 5.65 Å². The van der Waals surface area contributed by atoms with Crippen LogP contribution in [0.25, 0.3) is 11.0 Å². The summed E-state index contributed by atoms with van der Waals surface area (Å²) in [5.41, 5.74) is 3.26. The van der Waals surface area contributed by atoms with Crippen LogP contribution in [-0.2, 0) is 18.3 Å². The number of hydrogen-bond acceptors (Lipinski definition) is 6. The van der Waals surface area contributed by atoms with Crippen LogP contribution in [0.1, 0.15) is 24.5 Å². The zero-order valence-electron chi connectivity index (χ0n) is 15.6. The van der Waals surface area contributed by atoms with Crippen LogP contribution in [0.4, 0.5) is 11.8 Å². The number of aromatic nitrogens is 4. The number of hydrogen-bond donors (Lipinski definition) is 2. The third kappa shape index (κ3) is 4.49. The monoisotopic (exact) mass is 354 g/mol. The number of ether oxygens (including phenoxy) is 1. The first-order valence-corrected chi connectivity index (χ1v) is 8.98. The Hall–Kier alpha value is -2.67. The van der Waals surface area contributed by atoms with Crippen molar-refractivity contribution in [2.75, 3.05) is 30.4 Å². The summed E-state index contributed by atoms with van der Waals surface area (Å²) >= 11 is 0. The molecule has 7 heteroatoms. The van der Waals surface area contributed by atoms with Gasteiger partial charge in [-0.3, -0.25) is 4.68 Å². The van der Waals surface area contributed by atoms with Gasteiger partial charge in [0.1, 0.15) is 5.82 Å². The molecular weight excluding hydrogens is 328 g/mol. The van der Waals surface area contributed by atoms with Crippen molar-refractivity contribution in [3.63, 3.8) is 0 Å². The van der Waals surface area contributed by atoms with Gasteiger partial charge in [-0.25, -0.2) is 0 Å². The second kappa shape index (κ2) is 8.62. The SMILES string of the molecule is CCOCCCNc1nc(NCc2ccc(C)cc2)c2cnn(C)c2n1. The predicted octanol–water partition coefficient (Wildman–Crippen LogP) is 3.12. The first-order chi connectivity index (χ1) is 12.7. The van der Waals surface area contributed by atoms with E-state index in [0.717, 1.165) is 43.0 Å². The smallest absolute Gasteiger partial charge is 0.226 e. The minimum atomic E-state index is 0.601. The largest absolute Gasteiger partial charge is 0.382 e. The second-order valence-corrected chi connectivity index (χ2v) is 6.22. The van der Waals surface area contributed by atoms with E-state index in [4.69, 9.17) is 4.74 Å². The molecule has 0 radical (unpaired) electrons. The van der Waals surface area contributed by atoms with Crippen LogP contribution in [0.3, 0.4) is 0 Å². The molecule has 0 amide bonds. The van der Waals surface area contributed by atoms with E-state index in [1.54, 1.807) is 10.9 Å². The lowest BCUT2D eigenvalue weighted by Gasteiger charge is -2.10. The molecule has 0 saturated carbocycles. The van der Waals surface area contributed by atoms with Crippen LogP contribution in [0.5, 0.6) is 0 Å². The van der Waals surface area contributed by atoms with Crippen molar-refractivity contribution in [3.05, 3.63) is 41.6 Å². The average Bonchev–Trinajstić information content (AvgIpc) is 3.02. The van der Waals surface area contributed by atoms with E-state index in [1.807, 2.05) is 14.0 Å². The average molecular weight is 354 g/mol. The van der Waals surface area contributed by atoms with Gasteiger partial charge in [0.05, 0.1) is 11.6 Å². The molecular formula is C19H26N6O. The van der Waals surface area contributed by atoms with Gasteiger partial charge in [-0.15, -0.1) is 0 Å². The summed E-state index contributed by atoms with van der Waals surface area (Å²) in [6.07, 6.45) is 2.71. The minimum absolute atomic E-state index is 0.601. The molecule has 138 valence electrons. The number of aryl methyl sites for hydroxylation is 2. The number of fused-ring (bicyclic) bond motifs is 1. The van der Waals surface area contributed by atoms with Gasteiger partial charge in [0.2, 0.25) is 5.95 Å². The van der Waals surface area contributed by atoms with Crippen LogP contribution >= 0.6 is 0 Å². The molecule has 2 heterocycles. The van der Waals surface area contributed by atoms with Crippen molar-refractivity contribution in [3.8, 4) is 0 Å². The fourth-order valence-corrected chi connectivity index (χ4v) is 2.65. The molecule has 0 aliphatic carbocycles. The van der Waals surface area contributed by atoms with Crippen LogP contribution in [0.2, 0.25) is 0 Å². The Balaban J connectivity index is 1.73. The third-order valence-corrected chi connectivity index (χ3v) is 4.13. The van der Waals surface area contributed by atoms with Gasteiger partial charge in [-0.2, -0.15) is 15.1 Å². The molecule has 2 N–H and O–H groups in total. The van der Waals surface area contributed by atoms with Crippen LogP contribution in [0.15, 0.2) is 30.5 Å². The fourth-order valence-electron chi connectivity index (χ4n) is 2.65. The molecule has 2 aromatic heterocycles. The van der Waals surface area contributed by atoms with Crippen LogP contribution in [-0.4, -0.2) is 39.5 Å². The van der Waals surface area contributed by atoms with Crippen LogP contribution < -0.4 is 10.6 Å². The predicted molar refractivity (Wildman–Crippen MR) is 104 cm³/mol. The van der Waals surface area contributed by atoms with Gasteiger partial charge >= 0.3 is 0 Å².